The maximum Gasteiger partial charge on any atom is 0.0797 e. The summed E-state index contributed by atoms with van der Waals surface area (Å²) in [5.74, 6) is 0. The molecule has 0 bridgehead atoms. The minimum atomic E-state index is 0.982. The number of para-hydroxylation sites is 1. The van der Waals surface area contributed by atoms with E-state index in [1.165, 1.54) is 32.5 Å². The van der Waals surface area contributed by atoms with Crippen LogP contribution in [0.2, 0.25) is 0 Å². The van der Waals surface area contributed by atoms with Crippen LogP contribution in [0.15, 0.2) is 54.3 Å². The Labute approximate surface area is 157 Å². The zero-order valence-electron chi connectivity index (χ0n) is 15.2. The Balaban J connectivity index is 1.81. The normalized spacial score (nSPS) is 12.0. The van der Waals surface area contributed by atoms with Gasteiger partial charge in [0.1, 0.15) is 0 Å². The standard InChI is InChI=1S/C22H21N3S/c1-4-6-17(21-12-23-13-26-21)16-9-10-20(25-15(16)3)19-11-24-22-14(2)7-5-8-18(19)22/h5-13,24H,4H2,1-3H3. The topological polar surface area (TPSA) is 41.6 Å². The highest BCUT2D eigenvalue weighted by molar-refractivity contribution is 7.10. The molecule has 3 aromatic heterocycles. The number of nitrogens with one attached hydrogen (secondary N) is 1. The van der Waals surface area contributed by atoms with Crippen molar-refractivity contribution in [2.75, 3.05) is 0 Å². The second kappa shape index (κ2) is 6.89. The monoisotopic (exact) mass is 359 g/mol. The zero-order valence-corrected chi connectivity index (χ0v) is 16.0. The Morgan fingerprint density at radius 2 is 2.08 bits per heavy atom. The second-order valence-electron chi connectivity index (χ2n) is 6.42. The average molecular weight is 359 g/mol. The van der Waals surface area contributed by atoms with E-state index in [2.05, 4.69) is 73.3 Å². The van der Waals surface area contributed by atoms with Crippen molar-refractivity contribution in [2.45, 2.75) is 27.2 Å². The number of hydrogen-bond acceptors (Lipinski definition) is 3. The summed E-state index contributed by atoms with van der Waals surface area (Å²) in [4.78, 5) is 13.7. The zero-order chi connectivity index (χ0) is 18.1. The molecule has 0 saturated carbocycles. The molecule has 0 aliphatic heterocycles. The van der Waals surface area contributed by atoms with Gasteiger partial charge in [-0.05, 0) is 37.5 Å². The van der Waals surface area contributed by atoms with E-state index in [1.807, 2.05) is 11.7 Å². The van der Waals surface area contributed by atoms with Crippen LogP contribution in [-0.4, -0.2) is 15.0 Å². The van der Waals surface area contributed by atoms with Gasteiger partial charge in [-0.1, -0.05) is 37.3 Å². The number of benzene rings is 1. The molecule has 0 unspecified atom stereocenters. The first-order chi connectivity index (χ1) is 12.7. The second-order valence-corrected chi connectivity index (χ2v) is 7.31. The van der Waals surface area contributed by atoms with E-state index in [9.17, 15) is 0 Å². The van der Waals surface area contributed by atoms with E-state index < -0.39 is 0 Å². The maximum atomic E-state index is 4.93. The van der Waals surface area contributed by atoms with Crippen LogP contribution < -0.4 is 0 Å². The molecule has 0 spiro atoms. The molecular formula is C22H21N3S. The van der Waals surface area contributed by atoms with Crippen molar-refractivity contribution in [2.24, 2.45) is 0 Å². The third-order valence-electron chi connectivity index (χ3n) is 4.68. The molecule has 0 radical (unpaired) electrons. The van der Waals surface area contributed by atoms with Crippen LogP contribution in [0.4, 0.5) is 0 Å². The Morgan fingerprint density at radius 3 is 2.81 bits per heavy atom. The molecule has 1 N–H and O–H groups in total. The lowest BCUT2D eigenvalue weighted by molar-refractivity contribution is 1.18. The molecule has 130 valence electrons. The number of allylic oxidation sites excluding steroid dienone is 1. The maximum absolute atomic E-state index is 4.93. The SMILES string of the molecule is CCC=C(c1cncs1)c1ccc(-c2c[nH]c3c(C)cccc23)nc1C. The fourth-order valence-electron chi connectivity index (χ4n) is 3.41. The minimum absolute atomic E-state index is 0.982. The van der Waals surface area contributed by atoms with Crippen LogP contribution in [0.5, 0.6) is 0 Å². The number of fused-ring (bicyclic) bond motifs is 1. The van der Waals surface area contributed by atoms with Gasteiger partial charge in [0.05, 0.1) is 16.1 Å². The molecule has 3 nitrogen and oxygen atoms in total. The van der Waals surface area contributed by atoms with E-state index in [-0.39, 0.29) is 0 Å². The molecule has 0 aliphatic carbocycles. The quantitative estimate of drug-likeness (QED) is 0.475. The smallest absolute Gasteiger partial charge is 0.0797 e. The molecular weight excluding hydrogens is 338 g/mol. The molecule has 4 rings (SSSR count). The number of thiazole rings is 1. The van der Waals surface area contributed by atoms with Gasteiger partial charge in [0.2, 0.25) is 0 Å². The average Bonchev–Trinajstić information content (AvgIpc) is 3.30. The molecule has 0 saturated heterocycles. The van der Waals surface area contributed by atoms with Gasteiger partial charge in [0.25, 0.3) is 0 Å². The van der Waals surface area contributed by atoms with Crippen molar-refractivity contribution in [3.8, 4) is 11.3 Å². The molecule has 4 heteroatoms. The molecule has 0 atom stereocenters. The summed E-state index contributed by atoms with van der Waals surface area (Å²) in [6.45, 7) is 6.37. The van der Waals surface area contributed by atoms with Gasteiger partial charge < -0.3 is 4.98 Å². The highest BCUT2D eigenvalue weighted by Crippen LogP contribution is 2.33. The Kier molecular flexibility index (Phi) is 4.43. The fraction of sp³-hybridized carbons (Fsp3) is 0.182. The van der Waals surface area contributed by atoms with Gasteiger partial charge in [-0.25, -0.2) is 0 Å². The number of rotatable bonds is 4. The van der Waals surface area contributed by atoms with Crippen LogP contribution in [0, 0.1) is 13.8 Å². The van der Waals surface area contributed by atoms with Gasteiger partial charge in [-0.2, -0.15) is 0 Å². The number of aromatic amines is 1. The number of pyridine rings is 1. The van der Waals surface area contributed by atoms with Crippen molar-refractivity contribution >= 4 is 27.8 Å². The first-order valence-corrected chi connectivity index (χ1v) is 9.71. The van der Waals surface area contributed by atoms with E-state index in [1.54, 1.807) is 11.3 Å². The molecule has 26 heavy (non-hydrogen) atoms. The predicted octanol–water partition coefficient (Wildman–Crippen LogP) is 6.14. The largest absolute Gasteiger partial charge is 0.360 e. The summed E-state index contributed by atoms with van der Waals surface area (Å²) in [6.07, 6.45) is 7.23. The van der Waals surface area contributed by atoms with E-state index >= 15 is 0 Å². The lowest BCUT2D eigenvalue weighted by Crippen LogP contribution is -1.95. The predicted molar refractivity (Wildman–Crippen MR) is 110 cm³/mol. The molecule has 1 aromatic carbocycles. The third kappa shape index (κ3) is 2.86. The summed E-state index contributed by atoms with van der Waals surface area (Å²) >= 11 is 1.67. The van der Waals surface area contributed by atoms with Gasteiger partial charge >= 0.3 is 0 Å². The van der Waals surface area contributed by atoms with Gasteiger partial charge in [-0.3, -0.25) is 9.97 Å². The highest BCUT2D eigenvalue weighted by Gasteiger charge is 2.13. The summed E-state index contributed by atoms with van der Waals surface area (Å²) < 4.78 is 0. The van der Waals surface area contributed by atoms with Crippen LogP contribution in [0.25, 0.3) is 27.7 Å². The van der Waals surface area contributed by atoms with Crippen LogP contribution in [0.3, 0.4) is 0 Å². The highest BCUT2D eigenvalue weighted by atomic mass is 32.1. The molecule has 0 aliphatic rings. The number of H-pyrrole nitrogens is 1. The first-order valence-electron chi connectivity index (χ1n) is 8.83. The number of nitrogens with zero attached hydrogens (tertiary/aromatic N) is 2. The fourth-order valence-corrected chi connectivity index (χ4v) is 4.09. The van der Waals surface area contributed by atoms with Crippen molar-refractivity contribution < 1.29 is 0 Å². The number of aromatic nitrogens is 3. The summed E-state index contributed by atoms with van der Waals surface area (Å²) in [7, 11) is 0. The van der Waals surface area contributed by atoms with E-state index in [0.717, 1.165) is 23.4 Å². The van der Waals surface area contributed by atoms with Crippen LogP contribution in [-0.2, 0) is 0 Å². The van der Waals surface area contributed by atoms with Crippen molar-refractivity contribution in [3.63, 3.8) is 0 Å². The lowest BCUT2D eigenvalue weighted by atomic mass is 10.0. The van der Waals surface area contributed by atoms with Crippen LogP contribution in [0.1, 0.15) is 35.0 Å². The minimum Gasteiger partial charge on any atom is -0.360 e. The Morgan fingerprint density at radius 1 is 1.19 bits per heavy atom. The van der Waals surface area contributed by atoms with Crippen molar-refractivity contribution in [1.82, 2.24) is 15.0 Å². The number of aryl methyl sites for hydroxylation is 2. The molecule has 0 amide bonds. The third-order valence-corrected chi connectivity index (χ3v) is 5.49. The Hall–Kier alpha value is -2.72. The summed E-state index contributed by atoms with van der Waals surface area (Å²) in [6, 6.07) is 10.7. The van der Waals surface area contributed by atoms with Gasteiger partial charge in [-0.15, -0.1) is 11.3 Å². The first kappa shape index (κ1) is 16.7. The number of hydrogen-bond donors (Lipinski definition) is 1. The molecule has 3 heterocycles. The summed E-state index contributed by atoms with van der Waals surface area (Å²) in [5, 5.41) is 1.22. The van der Waals surface area contributed by atoms with E-state index in [4.69, 9.17) is 4.98 Å². The molecule has 0 fully saturated rings. The van der Waals surface area contributed by atoms with Crippen molar-refractivity contribution in [1.29, 1.82) is 0 Å². The van der Waals surface area contributed by atoms with E-state index in [0.29, 0.717) is 0 Å². The summed E-state index contributed by atoms with van der Waals surface area (Å²) in [5.41, 5.74) is 9.91. The van der Waals surface area contributed by atoms with Crippen LogP contribution >= 0.6 is 11.3 Å². The Bertz CT molecular complexity index is 1090. The van der Waals surface area contributed by atoms with Gasteiger partial charge in [0.15, 0.2) is 0 Å². The van der Waals surface area contributed by atoms with Crippen molar-refractivity contribution in [3.05, 3.63) is 76.0 Å². The van der Waals surface area contributed by atoms with Gasteiger partial charge in [0, 0.05) is 40.1 Å². The lowest BCUT2D eigenvalue weighted by Gasteiger charge is -2.10. The molecule has 4 aromatic rings.